The highest BCUT2D eigenvalue weighted by Crippen LogP contribution is 2.29. The quantitative estimate of drug-likeness (QED) is 0.441. The molecule has 1 aromatic heterocycles. The molecule has 3 rings (SSSR count). The number of carbonyl (C=O) groups is 1. The van der Waals surface area contributed by atoms with Gasteiger partial charge in [-0.3, -0.25) is 20.2 Å². The molecule has 0 radical (unpaired) electrons. The Hall–Kier alpha value is -3.24. The summed E-state index contributed by atoms with van der Waals surface area (Å²) in [5.41, 5.74) is 0.422. The molecule has 1 heterocycles. The van der Waals surface area contributed by atoms with Gasteiger partial charge in [-0.15, -0.1) is 10.2 Å². The maximum Gasteiger partial charge on any atom is 0.283 e. The first-order chi connectivity index (χ1) is 13.9. The predicted octanol–water partition coefficient (Wildman–Crippen LogP) is 3.96. The zero-order chi connectivity index (χ0) is 21.0. The molecule has 0 atom stereocenters. The Balaban J connectivity index is 1.74. The summed E-state index contributed by atoms with van der Waals surface area (Å²) >= 11 is 6.94. The molecule has 1 amide bonds. The van der Waals surface area contributed by atoms with Gasteiger partial charge in [-0.2, -0.15) is 0 Å². The Bertz CT molecular complexity index is 1070. The molecule has 0 spiro atoms. The lowest BCUT2D eigenvalue weighted by molar-refractivity contribution is -0.385. The molecule has 0 aliphatic heterocycles. The zero-order valence-electron chi connectivity index (χ0n) is 15.3. The highest BCUT2D eigenvalue weighted by atomic mass is 35.5. The molecule has 0 aliphatic carbocycles. The number of anilines is 1. The lowest BCUT2D eigenvalue weighted by atomic mass is 10.1. The number of nitro groups is 1. The van der Waals surface area contributed by atoms with Crippen molar-refractivity contribution < 1.29 is 19.2 Å². The molecule has 3 aromatic rings. The number of halogens is 1. The van der Waals surface area contributed by atoms with E-state index in [1.54, 1.807) is 20.3 Å². The summed E-state index contributed by atoms with van der Waals surface area (Å²) in [5, 5.41) is 22.7. The van der Waals surface area contributed by atoms with Crippen LogP contribution < -0.4 is 14.8 Å². The second-order valence-corrected chi connectivity index (χ2v) is 7.24. The van der Waals surface area contributed by atoms with E-state index < -0.39 is 10.8 Å². The van der Waals surface area contributed by atoms with Crippen LogP contribution in [0.1, 0.15) is 20.9 Å². The standard InChI is InChI=1S/C18H15ClN4O5S/c1-27-14-6-3-10(7-15(14)28-2)8-16-21-22-18(29-16)20-17(24)12-5-4-11(19)9-13(12)23(25)26/h3-7,9H,8H2,1-2H3,(H,20,22,24). The Kier molecular flexibility index (Phi) is 6.25. The molecule has 2 aromatic carbocycles. The van der Waals surface area contributed by atoms with Crippen LogP contribution in [0.15, 0.2) is 36.4 Å². The van der Waals surface area contributed by atoms with Crippen LogP contribution in [0.25, 0.3) is 0 Å². The number of amides is 1. The van der Waals surface area contributed by atoms with Gasteiger partial charge in [0, 0.05) is 17.5 Å². The molecule has 0 saturated carbocycles. The van der Waals surface area contributed by atoms with Crippen LogP contribution >= 0.6 is 22.9 Å². The largest absolute Gasteiger partial charge is 0.493 e. The number of hydrogen-bond donors (Lipinski definition) is 1. The van der Waals surface area contributed by atoms with Crippen LogP contribution in [0.5, 0.6) is 11.5 Å². The Morgan fingerprint density at radius 1 is 1.17 bits per heavy atom. The molecule has 0 saturated heterocycles. The predicted molar refractivity (Wildman–Crippen MR) is 108 cm³/mol. The number of nitrogens with one attached hydrogen (secondary N) is 1. The monoisotopic (exact) mass is 434 g/mol. The summed E-state index contributed by atoms with van der Waals surface area (Å²) in [6.45, 7) is 0. The van der Waals surface area contributed by atoms with Gasteiger partial charge in [0.1, 0.15) is 10.6 Å². The highest BCUT2D eigenvalue weighted by Gasteiger charge is 2.21. The molecule has 29 heavy (non-hydrogen) atoms. The van der Waals surface area contributed by atoms with Crippen LogP contribution in [0.3, 0.4) is 0 Å². The fourth-order valence-corrected chi connectivity index (χ4v) is 3.49. The maximum absolute atomic E-state index is 12.4. The van der Waals surface area contributed by atoms with E-state index in [4.69, 9.17) is 21.1 Å². The summed E-state index contributed by atoms with van der Waals surface area (Å²) in [6, 6.07) is 9.32. The fraction of sp³-hybridized carbons (Fsp3) is 0.167. The SMILES string of the molecule is COc1ccc(Cc2nnc(NC(=O)c3ccc(Cl)cc3[N+](=O)[O-])s2)cc1OC. The number of nitro benzene ring substituents is 1. The topological polar surface area (TPSA) is 116 Å². The Morgan fingerprint density at radius 3 is 2.62 bits per heavy atom. The average Bonchev–Trinajstić information content (AvgIpc) is 3.14. The van der Waals surface area contributed by atoms with Crippen molar-refractivity contribution in [3.05, 3.63) is 67.7 Å². The Labute approximate surface area is 174 Å². The minimum Gasteiger partial charge on any atom is -0.493 e. The molecular formula is C18H15ClN4O5S. The van der Waals surface area contributed by atoms with Crippen molar-refractivity contribution in [3.8, 4) is 11.5 Å². The molecule has 0 fully saturated rings. The van der Waals surface area contributed by atoms with E-state index in [-0.39, 0.29) is 21.4 Å². The number of nitrogens with zero attached hydrogens (tertiary/aromatic N) is 3. The normalized spacial score (nSPS) is 10.4. The van der Waals surface area contributed by atoms with Crippen molar-refractivity contribution in [2.24, 2.45) is 0 Å². The van der Waals surface area contributed by atoms with Gasteiger partial charge in [0.05, 0.1) is 19.1 Å². The number of aromatic nitrogens is 2. The van der Waals surface area contributed by atoms with Crippen molar-refractivity contribution in [3.63, 3.8) is 0 Å². The second-order valence-electron chi connectivity index (χ2n) is 5.74. The van der Waals surface area contributed by atoms with Gasteiger partial charge in [0.25, 0.3) is 11.6 Å². The maximum atomic E-state index is 12.4. The van der Waals surface area contributed by atoms with Gasteiger partial charge in [0.2, 0.25) is 5.13 Å². The molecule has 1 N–H and O–H groups in total. The molecule has 150 valence electrons. The van der Waals surface area contributed by atoms with Gasteiger partial charge in [-0.05, 0) is 29.8 Å². The van der Waals surface area contributed by atoms with E-state index >= 15 is 0 Å². The van der Waals surface area contributed by atoms with Crippen molar-refractivity contribution in [1.82, 2.24) is 10.2 Å². The summed E-state index contributed by atoms with van der Waals surface area (Å²) in [7, 11) is 3.11. The molecule has 0 unspecified atom stereocenters. The zero-order valence-corrected chi connectivity index (χ0v) is 16.9. The second kappa shape index (κ2) is 8.84. The van der Waals surface area contributed by atoms with Gasteiger partial charge in [-0.1, -0.05) is 29.0 Å². The summed E-state index contributed by atoms with van der Waals surface area (Å²) in [5.74, 6) is 0.547. The van der Waals surface area contributed by atoms with Crippen LogP contribution in [0.2, 0.25) is 5.02 Å². The van der Waals surface area contributed by atoms with Crippen molar-refractivity contribution in [2.45, 2.75) is 6.42 Å². The highest BCUT2D eigenvalue weighted by molar-refractivity contribution is 7.15. The van der Waals surface area contributed by atoms with Crippen molar-refractivity contribution in [2.75, 3.05) is 19.5 Å². The number of ether oxygens (including phenoxy) is 2. The van der Waals surface area contributed by atoms with E-state index in [1.807, 2.05) is 12.1 Å². The van der Waals surface area contributed by atoms with E-state index in [9.17, 15) is 14.9 Å². The van der Waals surface area contributed by atoms with Crippen LogP contribution in [0.4, 0.5) is 10.8 Å². The number of methoxy groups -OCH3 is 2. The van der Waals surface area contributed by atoms with Crippen molar-refractivity contribution in [1.29, 1.82) is 0 Å². The summed E-state index contributed by atoms with van der Waals surface area (Å²) in [4.78, 5) is 22.9. The third kappa shape index (κ3) is 4.79. The van der Waals surface area contributed by atoms with Crippen LogP contribution in [0, 0.1) is 10.1 Å². The third-order valence-corrected chi connectivity index (χ3v) is 4.97. The average molecular weight is 435 g/mol. The molecular weight excluding hydrogens is 420 g/mol. The summed E-state index contributed by atoms with van der Waals surface area (Å²) < 4.78 is 10.5. The molecule has 0 aliphatic rings. The number of carbonyl (C=O) groups excluding carboxylic acids is 1. The van der Waals surface area contributed by atoms with Gasteiger partial charge in [-0.25, -0.2) is 0 Å². The van der Waals surface area contributed by atoms with E-state index in [0.717, 1.165) is 11.6 Å². The van der Waals surface area contributed by atoms with E-state index in [0.29, 0.717) is 22.9 Å². The molecule has 9 nitrogen and oxygen atoms in total. The lowest BCUT2D eigenvalue weighted by Gasteiger charge is -2.08. The molecule has 0 bridgehead atoms. The lowest BCUT2D eigenvalue weighted by Crippen LogP contribution is -2.13. The number of rotatable bonds is 7. The van der Waals surface area contributed by atoms with Crippen LogP contribution in [-0.4, -0.2) is 35.2 Å². The first-order valence-corrected chi connectivity index (χ1v) is 9.39. The van der Waals surface area contributed by atoms with Gasteiger partial charge < -0.3 is 9.47 Å². The van der Waals surface area contributed by atoms with Gasteiger partial charge >= 0.3 is 0 Å². The van der Waals surface area contributed by atoms with Crippen LogP contribution in [-0.2, 0) is 6.42 Å². The summed E-state index contributed by atoms with van der Waals surface area (Å²) in [6.07, 6.45) is 0.467. The molecule has 11 heteroatoms. The number of benzene rings is 2. The minimum atomic E-state index is -0.665. The number of hydrogen-bond acceptors (Lipinski definition) is 8. The van der Waals surface area contributed by atoms with E-state index in [2.05, 4.69) is 15.5 Å². The third-order valence-electron chi connectivity index (χ3n) is 3.89. The van der Waals surface area contributed by atoms with Crippen molar-refractivity contribution >= 4 is 39.7 Å². The minimum absolute atomic E-state index is 0.115. The fourth-order valence-electron chi connectivity index (χ4n) is 2.55. The van der Waals surface area contributed by atoms with Gasteiger partial charge in [0.15, 0.2) is 11.5 Å². The smallest absolute Gasteiger partial charge is 0.283 e. The van der Waals surface area contributed by atoms with E-state index in [1.165, 1.54) is 23.5 Å². The first kappa shape index (κ1) is 20.5. The first-order valence-electron chi connectivity index (χ1n) is 8.20. The Morgan fingerprint density at radius 2 is 1.93 bits per heavy atom.